The molecule has 1 radical (unpaired) electrons. The van der Waals surface area contributed by atoms with Crippen LogP contribution >= 0.6 is 0 Å². The van der Waals surface area contributed by atoms with Crippen LogP contribution in [0.5, 0.6) is 0 Å². The molecule has 0 N–H and O–H groups in total. The van der Waals surface area contributed by atoms with E-state index in [1.54, 1.807) is 67.0 Å². The van der Waals surface area contributed by atoms with Crippen LogP contribution in [0.4, 0.5) is 0 Å². The van der Waals surface area contributed by atoms with E-state index in [1.807, 2.05) is 48.5 Å². The van der Waals surface area contributed by atoms with Gasteiger partial charge in [-0.1, -0.05) is 95.9 Å². The number of fused-ring (bicyclic) bond motifs is 7. The molecule has 0 saturated heterocycles. The normalized spacial score (nSPS) is 13.8. The Morgan fingerprint density at radius 3 is 2.05 bits per heavy atom. The van der Waals surface area contributed by atoms with E-state index >= 15 is 0 Å². The summed E-state index contributed by atoms with van der Waals surface area (Å²) in [7, 11) is 0. The first kappa shape index (κ1) is 32.2. The van der Waals surface area contributed by atoms with E-state index < -0.39 is 32.9 Å². The Bertz CT molecular complexity index is 3350. The van der Waals surface area contributed by atoms with Gasteiger partial charge in [0, 0.05) is 39.8 Å². The van der Waals surface area contributed by atoms with Gasteiger partial charge in [0.05, 0.1) is 5.58 Å². The zero-order chi connectivity index (χ0) is 45.7. The Kier molecular flexibility index (Phi) is 9.45. The Labute approximate surface area is 372 Å². The molecule has 0 bridgehead atoms. The Morgan fingerprint density at radius 2 is 1.31 bits per heavy atom. The van der Waals surface area contributed by atoms with Crippen LogP contribution in [0.15, 0.2) is 175 Å². The summed E-state index contributed by atoms with van der Waals surface area (Å²) in [5.41, 5.74) is 6.74. The van der Waals surface area contributed by atoms with E-state index in [2.05, 4.69) is 87.9 Å². The summed E-state index contributed by atoms with van der Waals surface area (Å²) < 4.78 is 65.4. The van der Waals surface area contributed by atoms with Gasteiger partial charge in [0.1, 0.15) is 5.58 Å². The summed E-state index contributed by atoms with van der Waals surface area (Å²) in [6.45, 7) is -2.18. The van der Waals surface area contributed by atoms with Gasteiger partial charge in [0.2, 0.25) is 0 Å². The van der Waals surface area contributed by atoms with Crippen LogP contribution in [0, 0.1) is 19.0 Å². The molecule has 0 amide bonds. The molecule has 7 aromatic carbocycles. The Hall–Kier alpha value is -5.65. The van der Waals surface area contributed by atoms with Gasteiger partial charge in [-0.3, -0.25) is 0 Å². The molecule has 5 heteroatoms. The molecule has 0 spiro atoms. The molecular weight excluding hydrogens is 957 g/mol. The van der Waals surface area contributed by atoms with Crippen molar-refractivity contribution in [1.82, 2.24) is 9.97 Å². The third-order valence-electron chi connectivity index (χ3n) is 10.3. The number of benzene rings is 7. The number of hydrogen-bond acceptors (Lipinski definition) is 3. The van der Waals surface area contributed by atoms with Crippen molar-refractivity contribution >= 4 is 61.1 Å². The van der Waals surface area contributed by atoms with Crippen molar-refractivity contribution in [1.29, 1.82) is 0 Å². The van der Waals surface area contributed by atoms with E-state index in [1.165, 1.54) is 16.8 Å². The zero-order valence-corrected chi connectivity index (χ0v) is 37.3. The fourth-order valence-corrected chi connectivity index (χ4v) is 10.3. The molecular formula is C54H44GeIrN2O-2. The molecule has 291 valence electrons. The van der Waals surface area contributed by atoms with E-state index in [0.717, 1.165) is 37.1 Å². The molecule has 59 heavy (non-hydrogen) atoms. The predicted molar refractivity (Wildman–Crippen MR) is 246 cm³/mol. The fourth-order valence-electron chi connectivity index (χ4n) is 7.38. The van der Waals surface area contributed by atoms with Gasteiger partial charge in [-0.15, -0.1) is 18.2 Å². The molecule has 0 aliphatic rings. The van der Waals surface area contributed by atoms with Gasteiger partial charge in [0.25, 0.3) is 0 Å². The second-order valence-electron chi connectivity index (χ2n) is 15.3. The molecule has 3 nitrogen and oxygen atoms in total. The molecule has 0 fully saturated rings. The average molecular weight is 1010 g/mol. The van der Waals surface area contributed by atoms with Crippen LogP contribution < -0.4 is 4.40 Å². The molecule has 0 unspecified atom stereocenters. The molecule has 0 aliphatic heterocycles. The predicted octanol–water partition coefficient (Wildman–Crippen LogP) is 13.3. The second-order valence-corrected chi connectivity index (χ2v) is 25.9. The Morgan fingerprint density at radius 1 is 0.610 bits per heavy atom. The third-order valence-corrected chi connectivity index (χ3v) is 14.5. The number of aromatic nitrogens is 2. The van der Waals surface area contributed by atoms with Gasteiger partial charge in [-0.2, -0.15) is 0 Å². The van der Waals surface area contributed by atoms with Crippen molar-refractivity contribution in [2.45, 2.75) is 36.9 Å². The quantitative estimate of drug-likeness (QED) is 0.0907. The average Bonchev–Trinajstić information content (AvgIpc) is 3.71. The minimum atomic E-state index is -2.42. The number of furan rings is 1. The maximum atomic E-state index is 8.89. The smallest absolute Gasteiger partial charge is 0.128 e. The van der Waals surface area contributed by atoms with Gasteiger partial charge < -0.3 is 9.40 Å². The minimum Gasteiger partial charge on any atom is -0.500 e. The van der Waals surface area contributed by atoms with Crippen LogP contribution in [0.2, 0.25) is 17.3 Å². The van der Waals surface area contributed by atoms with Gasteiger partial charge in [-0.05, 0) is 45.4 Å². The monoisotopic (exact) mass is 1010 g/mol. The number of aryl methyl sites for hydroxylation is 1. The number of hydrogen-bond donors (Lipinski definition) is 0. The van der Waals surface area contributed by atoms with Crippen molar-refractivity contribution in [2.75, 3.05) is 0 Å². The maximum absolute atomic E-state index is 8.89. The molecule has 10 rings (SSSR count). The van der Waals surface area contributed by atoms with Crippen molar-refractivity contribution in [3.05, 3.63) is 210 Å². The van der Waals surface area contributed by atoms with Crippen LogP contribution in [0.25, 0.3) is 66.0 Å². The number of rotatable bonds is 7. The van der Waals surface area contributed by atoms with E-state index in [-0.39, 0.29) is 25.7 Å². The topological polar surface area (TPSA) is 38.9 Å². The molecule has 3 heterocycles. The second kappa shape index (κ2) is 17.3. The van der Waals surface area contributed by atoms with Crippen LogP contribution in [-0.2, 0) is 32.9 Å². The molecule has 3 aromatic heterocycles. The van der Waals surface area contributed by atoms with Gasteiger partial charge >= 0.3 is 155 Å². The first-order valence-corrected chi connectivity index (χ1v) is 26.6. The summed E-state index contributed by atoms with van der Waals surface area (Å²) in [5, 5.41) is 6.65. The minimum absolute atomic E-state index is 0. The summed E-state index contributed by atoms with van der Waals surface area (Å²) in [6, 6.07) is 55.6. The summed E-state index contributed by atoms with van der Waals surface area (Å²) in [5.74, 6) is 6.66. The Balaban J connectivity index is 0.000000182. The van der Waals surface area contributed by atoms with Crippen molar-refractivity contribution in [3.63, 3.8) is 0 Å². The van der Waals surface area contributed by atoms with Crippen LogP contribution in [0.1, 0.15) is 37.4 Å². The molecule has 0 aliphatic carbocycles. The number of pyridine rings is 2. The molecule has 0 atom stereocenters. The molecule has 0 saturated carbocycles. The maximum Gasteiger partial charge on any atom is 0.128 e. The third kappa shape index (κ3) is 8.58. The van der Waals surface area contributed by atoms with Crippen molar-refractivity contribution < 1.29 is 34.1 Å². The summed E-state index contributed by atoms with van der Waals surface area (Å²) >= 11 is -2.42. The van der Waals surface area contributed by atoms with Crippen molar-refractivity contribution in [3.8, 4) is 22.5 Å². The van der Waals surface area contributed by atoms with Crippen LogP contribution in [0.3, 0.4) is 0 Å². The fraction of sp³-hybridized carbons (Fsp3) is 0.111. The van der Waals surface area contributed by atoms with Crippen LogP contribution in [-0.4, -0.2) is 23.2 Å². The first-order valence-electron chi connectivity index (χ1n) is 22.8. The zero-order valence-electron chi connectivity index (χ0n) is 39.8. The molecule has 10 aromatic rings. The van der Waals surface area contributed by atoms with Gasteiger partial charge in [0.15, 0.2) is 0 Å². The van der Waals surface area contributed by atoms with Gasteiger partial charge in [-0.25, -0.2) is 0 Å². The first-order chi connectivity index (χ1) is 31.0. The van der Waals surface area contributed by atoms with E-state index in [9.17, 15) is 0 Å². The van der Waals surface area contributed by atoms with Crippen molar-refractivity contribution in [2.24, 2.45) is 0 Å². The SMILES string of the molecule is [2H]C([2H])([2H])c1c[c-]c(-c2cc(C([2H])([2H])c3ccccc3)[c]([Ge]([CH3])([CH3])[CH3])cn2)cc1.[2H]C([2H])(c1ccccc1)c1ccnc(-c2[c-]ccc3c2oc2c3ccc3c4ccccc4ccc32)c1.[Ir]. The number of nitrogens with zero attached hydrogens (tertiary/aromatic N) is 2. The summed E-state index contributed by atoms with van der Waals surface area (Å²) in [4.78, 5) is 9.17. The largest absolute Gasteiger partial charge is 0.500 e. The van der Waals surface area contributed by atoms with E-state index in [4.69, 9.17) is 14.0 Å². The van der Waals surface area contributed by atoms with E-state index in [0.29, 0.717) is 44.8 Å². The summed E-state index contributed by atoms with van der Waals surface area (Å²) in [6.07, 6.45) is 0.142. The standard InChI is InChI=1S/C32H20NO.C22H24GeN.Ir/c1-2-7-21(8-3-1)19-22-17-18-33-30(20-22)29-12-6-11-26-28-16-15-25-24-10-5-4-9-23(24)13-14-27(25)31(28)34-32(26)29;1-17-10-12-19(13-11-17)22-15-20(14-18-8-6-5-7-9-18)21(16-24-22)23(2,3)4;/h1-11,13-18,20H,19H2;5-12,15-16H,14H2,1-4H3;/q2*-1;/i19D2;1D3,14D2;.